The molecule has 2 atom stereocenters. The number of hydrogen-bond acceptors (Lipinski definition) is 5. The minimum atomic E-state index is -4.59. The molecule has 11 heteroatoms. The van der Waals surface area contributed by atoms with Gasteiger partial charge in [0.15, 0.2) is 0 Å². The maximum absolute atomic E-state index is 13.8. The first-order chi connectivity index (χ1) is 18.5. The molecule has 0 radical (unpaired) electrons. The third kappa shape index (κ3) is 8.32. The molecule has 2 unspecified atom stereocenters. The summed E-state index contributed by atoms with van der Waals surface area (Å²) in [4.78, 5) is 28.9. The molecule has 0 spiro atoms. The second-order valence-corrected chi connectivity index (χ2v) is 10.6. The first-order valence-corrected chi connectivity index (χ1v) is 13.4. The zero-order valence-corrected chi connectivity index (χ0v) is 23.8. The van der Waals surface area contributed by atoms with Crippen molar-refractivity contribution in [3.8, 4) is 16.9 Å². The van der Waals surface area contributed by atoms with Crippen LogP contribution < -0.4 is 15.4 Å². The van der Waals surface area contributed by atoms with Gasteiger partial charge >= 0.3 is 18.2 Å². The number of carbonyl (C=O) groups is 2. The van der Waals surface area contributed by atoms with E-state index in [0.717, 1.165) is 17.7 Å². The standard InChI is InChI=1S/C28H29F3IN3O4/c1-4-39-25(36)13-18-7-10-24(38-3)22(12-18)21-9-8-20(28(29,30)31)14-23(21)26(17(2)32)35-27(37)34-16-19-6-5-11-33-15-19/h5-12,14-15,17,26H,4,13,16H2,1-3H3,(H2,34,35,37). The molecule has 3 aromatic rings. The predicted octanol–water partition coefficient (Wildman–Crippen LogP) is 6.25. The lowest BCUT2D eigenvalue weighted by atomic mass is 9.90. The topological polar surface area (TPSA) is 89.5 Å². The molecule has 0 saturated carbocycles. The number of pyridine rings is 1. The van der Waals surface area contributed by atoms with E-state index in [9.17, 15) is 22.8 Å². The summed E-state index contributed by atoms with van der Waals surface area (Å²) in [5, 5.41) is 5.56. The van der Waals surface area contributed by atoms with Crippen LogP contribution in [-0.2, 0) is 28.7 Å². The summed E-state index contributed by atoms with van der Waals surface area (Å²) in [7, 11) is 1.45. The smallest absolute Gasteiger partial charge is 0.416 e. The number of rotatable bonds is 10. The minimum absolute atomic E-state index is 0.0120. The van der Waals surface area contributed by atoms with Gasteiger partial charge in [0.2, 0.25) is 0 Å². The Hall–Kier alpha value is -3.35. The van der Waals surface area contributed by atoms with Crippen LogP contribution in [0.5, 0.6) is 5.75 Å². The normalized spacial score (nSPS) is 12.8. The van der Waals surface area contributed by atoms with Gasteiger partial charge in [0, 0.05) is 28.4 Å². The largest absolute Gasteiger partial charge is 0.496 e. The van der Waals surface area contributed by atoms with Crippen LogP contribution in [-0.4, -0.2) is 34.6 Å². The highest BCUT2D eigenvalue weighted by Gasteiger charge is 2.33. The third-order valence-electron chi connectivity index (χ3n) is 5.84. The quantitative estimate of drug-likeness (QED) is 0.153. The Bertz CT molecular complexity index is 1290. The highest BCUT2D eigenvalue weighted by molar-refractivity contribution is 14.1. The average molecular weight is 655 g/mol. The summed E-state index contributed by atoms with van der Waals surface area (Å²) in [6.07, 6.45) is -1.38. The van der Waals surface area contributed by atoms with Gasteiger partial charge in [0.25, 0.3) is 0 Å². The number of benzene rings is 2. The fraction of sp³-hybridized carbons (Fsp3) is 0.321. The summed E-state index contributed by atoms with van der Waals surface area (Å²) in [5.74, 6) is -0.0171. The fourth-order valence-electron chi connectivity index (χ4n) is 4.01. The molecule has 3 rings (SSSR count). The van der Waals surface area contributed by atoms with Gasteiger partial charge in [-0.05, 0) is 59.5 Å². The predicted molar refractivity (Wildman–Crippen MR) is 150 cm³/mol. The number of nitrogens with one attached hydrogen (secondary N) is 2. The molecule has 39 heavy (non-hydrogen) atoms. The van der Waals surface area contributed by atoms with Gasteiger partial charge in [0.1, 0.15) is 5.75 Å². The molecule has 2 aromatic carbocycles. The third-order valence-corrected chi connectivity index (χ3v) is 6.56. The van der Waals surface area contributed by atoms with Crippen molar-refractivity contribution in [1.82, 2.24) is 15.6 Å². The highest BCUT2D eigenvalue weighted by atomic mass is 127. The molecular formula is C28H29F3IN3O4. The number of alkyl halides is 4. The molecule has 0 fully saturated rings. The first-order valence-electron chi connectivity index (χ1n) is 12.1. The number of amides is 2. The zero-order chi connectivity index (χ0) is 28.6. The van der Waals surface area contributed by atoms with E-state index in [1.165, 1.54) is 13.2 Å². The molecule has 0 aliphatic heterocycles. The van der Waals surface area contributed by atoms with E-state index in [0.29, 0.717) is 22.4 Å². The van der Waals surface area contributed by atoms with Crippen molar-refractivity contribution < 1.29 is 32.2 Å². The maximum atomic E-state index is 13.8. The van der Waals surface area contributed by atoms with Crippen molar-refractivity contribution in [1.29, 1.82) is 0 Å². The number of esters is 1. The van der Waals surface area contributed by atoms with Crippen LogP contribution in [0.1, 0.15) is 42.1 Å². The number of halogens is 4. The van der Waals surface area contributed by atoms with Gasteiger partial charge < -0.3 is 20.1 Å². The molecule has 2 N–H and O–H groups in total. The Balaban J connectivity index is 2.05. The maximum Gasteiger partial charge on any atom is 0.416 e. The lowest BCUT2D eigenvalue weighted by Gasteiger charge is -2.26. The van der Waals surface area contributed by atoms with Crippen LogP contribution in [0.25, 0.3) is 11.1 Å². The molecule has 208 valence electrons. The van der Waals surface area contributed by atoms with Crippen molar-refractivity contribution >= 4 is 34.6 Å². The van der Waals surface area contributed by atoms with E-state index in [1.807, 2.05) is 0 Å². The van der Waals surface area contributed by atoms with E-state index in [1.54, 1.807) is 56.6 Å². The van der Waals surface area contributed by atoms with Crippen molar-refractivity contribution in [2.75, 3.05) is 13.7 Å². The second kappa shape index (κ2) is 13.6. The van der Waals surface area contributed by atoms with Crippen LogP contribution >= 0.6 is 22.6 Å². The van der Waals surface area contributed by atoms with Crippen LogP contribution in [0.4, 0.5) is 18.0 Å². The minimum Gasteiger partial charge on any atom is -0.496 e. The van der Waals surface area contributed by atoms with Crippen molar-refractivity contribution in [2.45, 2.75) is 43.0 Å². The van der Waals surface area contributed by atoms with E-state index in [-0.39, 0.29) is 29.1 Å². The molecule has 1 aromatic heterocycles. The Morgan fingerprint density at radius 3 is 2.46 bits per heavy atom. The molecular weight excluding hydrogens is 626 g/mol. The van der Waals surface area contributed by atoms with Gasteiger partial charge in [-0.1, -0.05) is 47.7 Å². The summed E-state index contributed by atoms with van der Waals surface area (Å²) in [6, 6.07) is 10.7. The van der Waals surface area contributed by atoms with Crippen LogP contribution in [0, 0.1) is 0 Å². The number of carbonyl (C=O) groups excluding carboxylic acids is 2. The number of nitrogens with zero attached hydrogens (tertiary/aromatic N) is 1. The van der Waals surface area contributed by atoms with Crippen molar-refractivity contribution in [3.63, 3.8) is 0 Å². The van der Waals surface area contributed by atoms with Crippen LogP contribution in [0.15, 0.2) is 60.9 Å². The average Bonchev–Trinajstić information content (AvgIpc) is 2.90. The molecule has 0 bridgehead atoms. The van der Waals surface area contributed by atoms with E-state index in [2.05, 4.69) is 38.2 Å². The van der Waals surface area contributed by atoms with Crippen molar-refractivity contribution in [3.05, 3.63) is 83.2 Å². The monoisotopic (exact) mass is 655 g/mol. The van der Waals surface area contributed by atoms with Crippen LogP contribution in [0.2, 0.25) is 0 Å². The van der Waals surface area contributed by atoms with Crippen molar-refractivity contribution in [2.24, 2.45) is 0 Å². The van der Waals surface area contributed by atoms with Gasteiger partial charge in [0.05, 0.1) is 31.7 Å². The Kier molecular flexibility index (Phi) is 10.6. The number of methoxy groups -OCH3 is 1. The van der Waals surface area contributed by atoms with Gasteiger partial charge in [-0.25, -0.2) is 4.79 Å². The van der Waals surface area contributed by atoms with Gasteiger partial charge in [-0.2, -0.15) is 13.2 Å². The summed E-state index contributed by atoms with van der Waals surface area (Å²) >= 11 is 2.07. The van der Waals surface area contributed by atoms with Gasteiger partial charge in [-0.15, -0.1) is 0 Å². The lowest BCUT2D eigenvalue weighted by Crippen LogP contribution is -2.40. The number of urea groups is 1. The van der Waals surface area contributed by atoms with Crippen LogP contribution in [0.3, 0.4) is 0 Å². The van der Waals surface area contributed by atoms with E-state index < -0.39 is 29.8 Å². The number of aromatic nitrogens is 1. The highest BCUT2D eigenvalue weighted by Crippen LogP contribution is 2.41. The zero-order valence-electron chi connectivity index (χ0n) is 21.6. The SMILES string of the molecule is CCOC(=O)Cc1ccc(OC)c(-c2ccc(C(F)(F)F)cc2C(NC(=O)NCc2cccnc2)C(C)I)c1. The molecule has 2 amide bonds. The lowest BCUT2D eigenvalue weighted by molar-refractivity contribution is -0.142. The number of hydrogen-bond donors (Lipinski definition) is 2. The fourth-order valence-corrected chi connectivity index (χ4v) is 4.58. The Morgan fingerprint density at radius 2 is 1.85 bits per heavy atom. The van der Waals surface area contributed by atoms with E-state index >= 15 is 0 Å². The molecule has 1 heterocycles. The molecule has 0 aliphatic rings. The molecule has 0 saturated heterocycles. The summed E-state index contributed by atoms with van der Waals surface area (Å²) in [5.41, 5.74) is 1.72. The molecule has 7 nitrogen and oxygen atoms in total. The Labute approximate surface area is 238 Å². The molecule has 0 aliphatic carbocycles. The first kappa shape index (κ1) is 30.2. The van der Waals surface area contributed by atoms with E-state index in [4.69, 9.17) is 9.47 Å². The second-order valence-electron chi connectivity index (χ2n) is 8.66. The summed E-state index contributed by atoms with van der Waals surface area (Å²) in [6.45, 7) is 3.93. The number of ether oxygens (including phenoxy) is 2. The summed E-state index contributed by atoms with van der Waals surface area (Å²) < 4.78 is 51.6. The van der Waals surface area contributed by atoms with Gasteiger partial charge in [-0.3, -0.25) is 9.78 Å². The Morgan fingerprint density at radius 1 is 1.08 bits per heavy atom.